The summed E-state index contributed by atoms with van der Waals surface area (Å²) in [6, 6.07) is 7.87. The van der Waals surface area contributed by atoms with Gasteiger partial charge in [-0.25, -0.2) is 0 Å². The molecule has 0 fully saturated rings. The van der Waals surface area contributed by atoms with Gasteiger partial charge >= 0.3 is 0 Å². The van der Waals surface area contributed by atoms with Crippen molar-refractivity contribution in [1.82, 2.24) is 4.90 Å². The zero-order valence-corrected chi connectivity index (χ0v) is 9.65. The minimum atomic E-state index is 0.155. The highest BCUT2D eigenvalue weighted by Crippen LogP contribution is 2.19. The lowest BCUT2D eigenvalue weighted by molar-refractivity contribution is 0.0717. The maximum atomic E-state index is 12.2. The number of nitrogens with zero attached hydrogens (tertiary/aromatic N) is 1. The Morgan fingerprint density at radius 2 is 2.19 bits per heavy atom. The lowest BCUT2D eigenvalue weighted by atomic mass is 9.98. The number of benzene rings is 1. The van der Waals surface area contributed by atoms with Crippen molar-refractivity contribution in [3.05, 3.63) is 35.4 Å². The topological polar surface area (TPSA) is 46.3 Å². The van der Waals surface area contributed by atoms with Gasteiger partial charge < -0.3 is 10.6 Å². The summed E-state index contributed by atoms with van der Waals surface area (Å²) in [4.78, 5) is 14.1. The first-order chi connectivity index (χ1) is 7.72. The van der Waals surface area contributed by atoms with Crippen molar-refractivity contribution in [2.45, 2.75) is 13.3 Å². The van der Waals surface area contributed by atoms with Crippen molar-refractivity contribution in [3.63, 3.8) is 0 Å². The summed E-state index contributed by atoms with van der Waals surface area (Å²) in [5, 5.41) is 0. The molecule has 86 valence electrons. The molecule has 0 saturated heterocycles. The SMILES string of the molecule is CC(CN)CN1CCc2ccccc2C1=O. The molecule has 2 N–H and O–H groups in total. The van der Waals surface area contributed by atoms with Gasteiger partial charge in [-0.1, -0.05) is 25.1 Å². The van der Waals surface area contributed by atoms with Gasteiger partial charge in [-0.05, 0) is 30.5 Å². The first-order valence-electron chi connectivity index (χ1n) is 5.79. The number of nitrogens with two attached hydrogens (primary N) is 1. The van der Waals surface area contributed by atoms with Crippen LogP contribution in [-0.2, 0) is 6.42 Å². The largest absolute Gasteiger partial charge is 0.338 e. The summed E-state index contributed by atoms with van der Waals surface area (Å²) in [7, 11) is 0. The lowest BCUT2D eigenvalue weighted by Gasteiger charge is -2.30. The van der Waals surface area contributed by atoms with Crippen LogP contribution in [0.2, 0.25) is 0 Å². The van der Waals surface area contributed by atoms with Gasteiger partial charge in [-0.3, -0.25) is 4.79 Å². The van der Waals surface area contributed by atoms with Gasteiger partial charge in [-0.2, -0.15) is 0 Å². The fraction of sp³-hybridized carbons (Fsp3) is 0.462. The molecule has 0 saturated carbocycles. The molecule has 1 aliphatic rings. The Balaban J connectivity index is 2.15. The highest BCUT2D eigenvalue weighted by atomic mass is 16.2. The second-order valence-corrected chi connectivity index (χ2v) is 4.50. The molecule has 1 aromatic rings. The molecule has 0 radical (unpaired) electrons. The van der Waals surface area contributed by atoms with Gasteiger partial charge in [-0.15, -0.1) is 0 Å². The van der Waals surface area contributed by atoms with E-state index in [9.17, 15) is 4.79 Å². The monoisotopic (exact) mass is 218 g/mol. The van der Waals surface area contributed by atoms with Crippen LogP contribution in [0.4, 0.5) is 0 Å². The van der Waals surface area contributed by atoms with Gasteiger partial charge in [0, 0.05) is 18.7 Å². The second kappa shape index (κ2) is 4.66. The van der Waals surface area contributed by atoms with Crippen LogP contribution in [0.15, 0.2) is 24.3 Å². The standard InChI is InChI=1S/C13H18N2O/c1-10(8-14)9-15-7-6-11-4-2-3-5-12(11)13(15)16/h2-5,10H,6-9,14H2,1H3. The van der Waals surface area contributed by atoms with Crippen LogP contribution in [0.25, 0.3) is 0 Å². The van der Waals surface area contributed by atoms with Crippen LogP contribution in [0.5, 0.6) is 0 Å². The fourth-order valence-corrected chi connectivity index (χ4v) is 2.10. The summed E-state index contributed by atoms with van der Waals surface area (Å²) in [6.45, 7) is 4.29. The number of carbonyl (C=O) groups excluding carboxylic acids is 1. The molecule has 0 aromatic heterocycles. The molecule has 1 aliphatic heterocycles. The second-order valence-electron chi connectivity index (χ2n) is 4.50. The number of amides is 1. The lowest BCUT2D eigenvalue weighted by Crippen LogP contribution is -2.41. The zero-order valence-electron chi connectivity index (χ0n) is 9.65. The number of hydrogen-bond donors (Lipinski definition) is 1. The minimum Gasteiger partial charge on any atom is -0.338 e. The number of rotatable bonds is 3. The quantitative estimate of drug-likeness (QED) is 0.830. The molecular formula is C13H18N2O. The molecule has 1 heterocycles. The maximum Gasteiger partial charge on any atom is 0.254 e. The molecular weight excluding hydrogens is 200 g/mol. The first kappa shape index (κ1) is 11.1. The average Bonchev–Trinajstić information content (AvgIpc) is 2.33. The third-order valence-electron chi connectivity index (χ3n) is 3.12. The van der Waals surface area contributed by atoms with Crippen LogP contribution in [0.3, 0.4) is 0 Å². The van der Waals surface area contributed by atoms with Gasteiger partial charge in [0.2, 0.25) is 0 Å². The summed E-state index contributed by atoms with van der Waals surface area (Å²) in [5.74, 6) is 0.524. The van der Waals surface area contributed by atoms with Gasteiger partial charge in [0.1, 0.15) is 0 Å². The van der Waals surface area contributed by atoms with E-state index >= 15 is 0 Å². The molecule has 1 aromatic carbocycles. The molecule has 0 bridgehead atoms. The van der Waals surface area contributed by atoms with E-state index in [1.54, 1.807) is 0 Å². The Labute approximate surface area is 96.2 Å². The Bertz CT molecular complexity index is 389. The summed E-state index contributed by atoms with van der Waals surface area (Å²) >= 11 is 0. The molecule has 0 spiro atoms. The third-order valence-corrected chi connectivity index (χ3v) is 3.12. The summed E-state index contributed by atoms with van der Waals surface area (Å²) in [5.41, 5.74) is 7.62. The van der Waals surface area contributed by atoms with E-state index in [2.05, 4.69) is 6.92 Å². The normalized spacial score (nSPS) is 17.1. The number of hydrogen-bond acceptors (Lipinski definition) is 2. The van der Waals surface area contributed by atoms with E-state index in [4.69, 9.17) is 5.73 Å². The van der Waals surface area contributed by atoms with E-state index in [1.807, 2.05) is 29.2 Å². The Kier molecular flexibility index (Phi) is 3.25. The van der Waals surface area contributed by atoms with Crippen molar-refractivity contribution < 1.29 is 4.79 Å². The van der Waals surface area contributed by atoms with E-state index in [0.717, 1.165) is 25.1 Å². The summed E-state index contributed by atoms with van der Waals surface area (Å²) < 4.78 is 0. The highest BCUT2D eigenvalue weighted by molar-refractivity contribution is 5.96. The molecule has 0 aliphatic carbocycles. The van der Waals surface area contributed by atoms with E-state index in [-0.39, 0.29) is 5.91 Å². The van der Waals surface area contributed by atoms with Gasteiger partial charge in [0.25, 0.3) is 5.91 Å². The average molecular weight is 218 g/mol. The van der Waals surface area contributed by atoms with Crippen LogP contribution in [0.1, 0.15) is 22.8 Å². The third kappa shape index (κ3) is 2.09. The van der Waals surface area contributed by atoms with Crippen molar-refractivity contribution >= 4 is 5.91 Å². The first-order valence-corrected chi connectivity index (χ1v) is 5.79. The summed E-state index contributed by atoms with van der Waals surface area (Å²) in [6.07, 6.45) is 0.958. The van der Waals surface area contributed by atoms with Crippen molar-refractivity contribution in [2.75, 3.05) is 19.6 Å². The Morgan fingerprint density at radius 1 is 1.44 bits per heavy atom. The van der Waals surface area contributed by atoms with Crippen molar-refractivity contribution in [2.24, 2.45) is 11.7 Å². The van der Waals surface area contributed by atoms with Crippen LogP contribution in [0, 0.1) is 5.92 Å². The fourth-order valence-electron chi connectivity index (χ4n) is 2.10. The maximum absolute atomic E-state index is 12.2. The predicted octanol–water partition coefficient (Wildman–Crippen LogP) is 1.28. The Morgan fingerprint density at radius 3 is 2.94 bits per heavy atom. The predicted molar refractivity (Wildman–Crippen MR) is 64.3 cm³/mol. The van der Waals surface area contributed by atoms with Gasteiger partial charge in [0.15, 0.2) is 0 Å². The molecule has 1 atom stereocenters. The molecule has 3 nitrogen and oxygen atoms in total. The molecule has 16 heavy (non-hydrogen) atoms. The molecule has 3 heteroatoms. The molecule has 1 unspecified atom stereocenters. The van der Waals surface area contributed by atoms with E-state index < -0.39 is 0 Å². The van der Waals surface area contributed by atoms with E-state index in [0.29, 0.717) is 12.5 Å². The zero-order chi connectivity index (χ0) is 11.5. The van der Waals surface area contributed by atoms with Crippen LogP contribution in [-0.4, -0.2) is 30.4 Å². The Hall–Kier alpha value is -1.35. The van der Waals surface area contributed by atoms with Gasteiger partial charge in [0.05, 0.1) is 0 Å². The molecule has 2 rings (SSSR count). The minimum absolute atomic E-state index is 0.155. The van der Waals surface area contributed by atoms with Crippen LogP contribution < -0.4 is 5.73 Å². The molecule has 1 amide bonds. The smallest absolute Gasteiger partial charge is 0.254 e. The van der Waals surface area contributed by atoms with Crippen molar-refractivity contribution in [3.8, 4) is 0 Å². The number of carbonyl (C=O) groups is 1. The van der Waals surface area contributed by atoms with Crippen LogP contribution >= 0.6 is 0 Å². The highest BCUT2D eigenvalue weighted by Gasteiger charge is 2.24. The van der Waals surface area contributed by atoms with Crippen molar-refractivity contribution in [1.29, 1.82) is 0 Å². The van der Waals surface area contributed by atoms with E-state index in [1.165, 1.54) is 5.56 Å². The number of fused-ring (bicyclic) bond motifs is 1.